The van der Waals surface area contributed by atoms with Crippen LogP contribution in [-0.4, -0.2) is 284 Å². The van der Waals surface area contributed by atoms with E-state index in [0.717, 1.165) is 11.8 Å². The minimum absolute atomic E-state index is 0.0334. The second-order valence-corrected chi connectivity index (χ2v) is 28.6. The molecule has 22 N–H and O–H groups in total. The molecule has 3 saturated heterocycles. The molecule has 15 atom stereocenters. The summed E-state index contributed by atoms with van der Waals surface area (Å²) in [5, 5.41) is 48.5. The molecule has 1 aromatic carbocycles. The van der Waals surface area contributed by atoms with Crippen molar-refractivity contribution in [3.63, 3.8) is 0 Å². The quantitative estimate of drug-likeness (QED) is 0.0270. The first-order valence-corrected chi connectivity index (χ1v) is 38.0. The van der Waals surface area contributed by atoms with Crippen molar-refractivity contribution in [2.75, 3.05) is 55.8 Å². The van der Waals surface area contributed by atoms with Gasteiger partial charge in [-0.05, 0) is 82.4 Å². The molecule has 3 aliphatic rings. The van der Waals surface area contributed by atoms with Gasteiger partial charge in [0.15, 0.2) is 0 Å². The Balaban J connectivity index is 1.39. The van der Waals surface area contributed by atoms with E-state index in [-0.39, 0.29) is 87.1 Å². The van der Waals surface area contributed by atoms with Crippen LogP contribution < -0.4 is 86.7 Å². The average Bonchev–Trinajstić information content (AvgIpc) is 1.65. The summed E-state index contributed by atoms with van der Waals surface area (Å²) in [7, 11) is 0. The molecule has 4 rings (SSSR count). The van der Waals surface area contributed by atoms with Crippen LogP contribution in [-0.2, 0) is 97.5 Å². The standard InChI is InChI=1S/C65H99N19O21S5/c1-29(2)18-37(76-57(97)39(24-85)78-60(100)43(28-109)80-59(99)41(26-107)72-49(88)23-66)63(103)84-17-7-10-46(84)65(105)83-16-6-9-45(83)62(102)81-42(27-108)58(98)71-30(3)52(92)70-31(4)53(93)73-35(20-47(67)86)55(95)77-38(21-48(68)87)64(104)82-15-5-8-44(82)61(101)75-36(22-50(89)90)56(96)74-34(19-32-11-13-33(110)14-12-32)54(94)79-40(25-106)51(69)91/h11-14,29-31,34-46,85,106-110H,5-10,15-28,66H2,1-4H3,(H2,67,86)(H2,68,87)(H2,69,91)(H,70,92)(H,71,98)(H,72,88)(H,73,93)(H,74,96)(H,75,101)(H,76,97)(H,77,95)(H,78,100)(H,79,94)(H,80,99)(H,81,102)(H,89,90)/t30-,31-,34-,35-,36-,37+,38-,39+,40-,41+,42-,43+,44+,45-,46-/m0/s1. The van der Waals surface area contributed by atoms with Crippen molar-refractivity contribution >= 4 is 175 Å². The zero-order chi connectivity index (χ0) is 82.5. The smallest absolute Gasteiger partial charge is 0.305 e. The molecule has 45 heteroatoms. The third kappa shape index (κ3) is 28.3. The number of rotatable bonds is 43. The number of nitrogens with one attached hydrogen (secondary N) is 12. The molecule has 0 aliphatic carbocycles. The molecule has 0 unspecified atom stereocenters. The Morgan fingerprint density at radius 3 is 1.30 bits per heavy atom. The number of nitrogens with two attached hydrogens (primary N) is 4. The molecule has 3 aliphatic heterocycles. The lowest BCUT2D eigenvalue weighted by molar-refractivity contribution is -0.148. The van der Waals surface area contributed by atoms with Gasteiger partial charge in [-0.15, -0.1) is 12.6 Å². The van der Waals surface area contributed by atoms with Crippen molar-refractivity contribution in [1.29, 1.82) is 0 Å². The summed E-state index contributed by atoms with van der Waals surface area (Å²) in [4.78, 5) is 258. The molecule has 110 heavy (non-hydrogen) atoms. The number of aliphatic hydroxyl groups excluding tert-OH is 1. The van der Waals surface area contributed by atoms with E-state index in [2.05, 4.69) is 127 Å². The zero-order valence-corrected chi connectivity index (χ0v) is 65.2. The van der Waals surface area contributed by atoms with Gasteiger partial charge in [0.1, 0.15) is 90.6 Å². The van der Waals surface area contributed by atoms with E-state index < -0.39 is 235 Å². The number of carboxylic acid groups (broad SMARTS) is 1. The van der Waals surface area contributed by atoms with Crippen LogP contribution in [0.4, 0.5) is 0 Å². The van der Waals surface area contributed by atoms with Gasteiger partial charge in [-0.1, -0.05) is 26.0 Å². The Hall–Kier alpha value is -9.18. The van der Waals surface area contributed by atoms with Gasteiger partial charge in [-0.2, -0.15) is 50.5 Å². The van der Waals surface area contributed by atoms with Crippen molar-refractivity contribution in [1.82, 2.24) is 78.5 Å². The van der Waals surface area contributed by atoms with Crippen LogP contribution in [0.15, 0.2) is 29.2 Å². The molecule has 0 saturated carbocycles. The van der Waals surface area contributed by atoms with E-state index in [1.807, 2.05) is 0 Å². The van der Waals surface area contributed by atoms with Crippen LogP contribution in [0.5, 0.6) is 0 Å². The van der Waals surface area contributed by atoms with Crippen LogP contribution in [0.3, 0.4) is 0 Å². The number of primary amides is 3. The summed E-state index contributed by atoms with van der Waals surface area (Å²) in [6.07, 6.45) is -2.18. The lowest BCUT2D eigenvalue weighted by Gasteiger charge is -2.34. The number of carboxylic acids is 1. The summed E-state index contributed by atoms with van der Waals surface area (Å²) in [5.74, 6) is -20.4. The lowest BCUT2D eigenvalue weighted by Crippen LogP contribution is -2.61. The van der Waals surface area contributed by atoms with Crippen LogP contribution in [0, 0.1) is 5.92 Å². The number of carbonyl (C=O) groups is 19. The number of hydrogen-bond acceptors (Lipinski definition) is 26. The Morgan fingerprint density at radius 2 is 0.800 bits per heavy atom. The van der Waals surface area contributed by atoms with Crippen LogP contribution in [0.1, 0.15) is 97.5 Å². The maximum absolute atomic E-state index is 14.5. The van der Waals surface area contributed by atoms with E-state index >= 15 is 0 Å². The van der Waals surface area contributed by atoms with Gasteiger partial charge in [-0.3, -0.25) is 91.1 Å². The largest absolute Gasteiger partial charge is 0.481 e. The number of carbonyl (C=O) groups excluding carboxylic acids is 18. The number of aliphatic carboxylic acids is 1. The van der Waals surface area contributed by atoms with Crippen LogP contribution >= 0.6 is 63.1 Å². The second-order valence-electron chi connectivity index (χ2n) is 26.7. The van der Waals surface area contributed by atoms with Crippen LogP contribution in [0.2, 0.25) is 0 Å². The fraction of sp³-hybridized carbons (Fsp3) is 0.615. The van der Waals surface area contributed by atoms with Gasteiger partial charge < -0.3 is 112 Å². The first-order chi connectivity index (χ1) is 51.8. The number of thiol groups is 5. The molecule has 40 nitrogen and oxygen atoms in total. The molecule has 1 aromatic rings. The fourth-order valence-electron chi connectivity index (χ4n) is 11.9. The minimum atomic E-state index is -1.93. The van der Waals surface area contributed by atoms with Crippen molar-refractivity contribution < 1.29 is 101 Å². The monoisotopic (exact) mass is 1640 g/mol. The molecule has 3 fully saturated rings. The van der Waals surface area contributed by atoms with Gasteiger partial charge in [0, 0.05) is 54.0 Å². The molecule has 0 aromatic heterocycles. The predicted octanol–water partition coefficient (Wildman–Crippen LogP) is -9.22. The van der Waals surface area contributed by atoms with Crippen molar-refractivity contribution in [3.05, 3.63) is 29.8 Å². The maximum Gasteiger partial charge on any atom is 0.305 e. The summed E-state index contributed by atoms with van der Waals surface area (Å²) < 4.78 is 0. The van der Waals surface area contributed by atoms with Crippen LogP contribution in [0.25, 0.3) is 0 Å². The molecular formula is C65H99N19O21S5. The van der Waals surface area contributed by atoms with E-state index in [1.165, 1.54) is 16.7 Å². The molecule has 0 radical (unpaired) electrons. The molecule has 0 spiro atoms. The summed E-state index contributed by atoms with van der Waals surface area (Å²) in [5.41, 5.74) is 22.1. The van der Waals surface area contributed by atoms with Gasteiger partial charge in [0.2, 0.25) is 106 Å². The number of likely N-dealkylation sites (tertiary alicyclic amines) is 3. The van der Waals surface area contributed by atoms with Gasteiger partial charge in [0.25, 0.3) is 0 Å². The highest BCUT2D eigenvalue weighted by Gasteiger charge is 2.46. The fourth-order valence-corrected chi connectivity index (χ4v) is 13.1. The first-order valence-electron chi connectivity index (χ1n) is 35.0. The van der Waals surface area contributed by atoms with E-state index in [4.69, 9.17) is 22.9 Å². The van der Waals surface area contributed by atoms with Crippen molar-refractivity contribution in [2.24, 2.45) is 28.9 Å². The normalized spacial score (nSPS) is 18.5. The maximum atomic E-state index is 14.5. The third-order valence-corrected chi connectivity index (χ3v) is 19.5. The Kier molecular flexibility index (Phi) is 38.3. The summed E-state index contributed by atoms with van der Waals surface area (Å²) >= 11 is 20.7. The molecular weight excluding hydrogens is 1540 g/mol. The summed E-state index contributed by atoms with van der Waals surface area (Å²) in [6, 6.07) is -16.0. The SMILES string of the molecule is CC(C)C[C@@H](NC(=O)[C@@H](CO)NC(=O)[C@@H](CS)NC(=O)[C@@H](CS)NC(=O)CN)C(=O)N1CCC[C@H]1C(=O)N1CCC[C@H]1C(=O)N[C@@H](CS)C(=O)N[C@@H](C)C(=O)N[C@@H](C)C(=O)N[C@@H](CC(N)=O)C(=O)N[C@@H](CC(N)=O)C(=O)N1CCC[C@@H]1C(=O)N[C@@H](CC(=O)O)C(=O)N[C@@H](Cc1ccc(S)cc1)C(=O)N[C@@H](CS)C(N)=O. The highest BCUT2D eigenvalue weighted by Crippen LogP contribution is 2.27. The Morgan fingerprint density at radius 1 is 0.436 bits per heavy atom. The Bertz CT molecular complexity index is 3570. The van der Waals surface area contributed by atoms with Crippen molar-refractivity contribution in [2.45, 2.75) is 194 Å². The summed E-state index contributed by atoms with van der Waals surface area (Å²) in [6.45, 7) is 4.40. The predicted molar refractivity (Wildman–Crippen MR) is 406 cm³/mol. The molecule has 18 amide bonds. The van der Waals surface area contributed by atoms with E-state index in [1.54, 1.807) is 38.1 Å². The van der Waals surface area contributed by atoms with Crippen molar-refractivity contribution in [3.8, 4) is 0 Å². The van der Waals surface area contributed by atoms with Gasteiger partial charge in [-0.25, -0.2) is 0 Å². The first kappa shape index (κ1) is 93.2. The third-order valence-electron chi connectivity index (χ3n) is 17.7. The number of nitrogens with zero attached hydrogens (tertiary/aromatic N) is 3. The Labute approximate surface area is 660 Å². The number of aliphatic hydroxyl groups is 1. The van der Waals surface area contributed by atoms with E-state index in [0.29, 0.717) is 23.3 Å². The molecule has 610 valence electrons. The molecule has 0 bridgehead atoms. The highest BCUT2D eigenvalue weighted by atomic mass is 32.1. The second kappa shape index (κ2) is 45.2. The van der Waals surface area contributed by atoms with Gasteiger partial charge in [0.05, 0.1) is 32.4 Å². The molecule has 3 heterocycles. The zero-order valence-electron chi connectivity index (χ0n) is 60.7. The van der Waals surface area contributed by atoms with E-state index in [9.17, 15) is 101 Å². The number of hydrogen-bond donors (Lipinski definition) is 23. The average molecular weight is 1640 g/mol. The topological polar surface area (TPSA) is 623 Å². The lowest BCUT2D eigenvalue weighted by atomic mass is 10.0. The highest BCUT2D eigenvalue weighted by molar-refractivity contribution is 7.81. The number of amides is 18. The number of benzene rings is 1. The van der Waals surface area contributed by atoms with Gasteiger partial charge >= 0.3 is 5.97 Å². The minimum Gasteiger partial charge on any atom is -0.481 e.